The SMILES string of the molecule is CCNC(=O)[C@H](Cc1ccccc1)N(Cc1ccccc1)C(=O)CN(c1cc(Cl)ccc1OC)S(=O)(=O)c1ccc(C)c([N+](=O)[O-])c1. The Morgan fingerprint density at radius 1 is 0.957 bits per heavy atom. The van der Waals surface area contributed by atoms with E-state index < -0.39 is 49.9 Å². The van der Waals surface area contributed by atoms with Crippen LogP contribution in [-0.2, 0) is 32.6 Å². The van der Waals surface area contributed by atoms with Gasteiger partial charge in [0.1, 0.15) is 18.3 Å². The van der Waals surface area contributed by atoms with Crippen molar-refractivity contribution in [2.75, 3.05) is 24.5 Å². The van der Waals surface area contributed by atoms with Crippen LogP contribution >= 0.6 is 11.6 Å². The summed E-state index contributed by atoms with van der Waals surface area (Å²) >= 11 is 6.31. The van der Waals surface area contributed by atoms with Crippen LogP contribution in [0.3, 0.4) is 0 Å². The number of anilines is 1. The number of carbonyl (C=O) groups excluding carboxylic acids is 2. The Bertz CT molecular complexity index is 1840. The van der Waals surface area contributed by atoms with Gasteiger partial charge in [-0.2, -0.15) is 0 Å². The highest BCUT2D eigenvalue weighted by Crippen LogP contribution is 2.36. The Kier molecular flexibility index (Phi) is 11.6. The van der Waals surface area contributed by atoms with Gasteiger partial charge in [-0.1, -0.05) is 78.3 Å². The Hall–Kier alpha value is -4.94. The van der Waals surface area contributed by atoms with E-state index in [4.69, 9.17) is 16.3 Å². The average molecular weight is 679 g/mol. The zero-order valence-electron chi connectivity index (χ0n) is 26.1. The van der Waals surface area contributed by atoms with Crippen LogP contribution < -0.4 is 14.4 Å². The highest BCUT2D eigenvalue weighted by atomic mass is 35.5. The molecular weight excluding hydrogens is 644 g/mol. The lowest BCUT2D eigenvalue weighted by atomic mass is 10.0. The van der Waals surface area contributed by atoms with Gasteiger partial charge in [0, 0.05) is 36.2 Å². The topological polar surface area (TPSA) is 139 Å². The Balaban J connectivity index is 1.87. The van der Waals surface area contributed by atoms with Crippen LogP contribution in [0.1, 0.15) is 23.6 Å². The van der Waals surface area contributed by atoms with E-state index in [1.165, 1.54) is 49.3 Å². The summed E-state index contributed by atoms with van der Waals surface area (Å²) in [6, 6.07) is 25.0. The van der Waals surface area contributed by atoms with Crippen LogP contribution in [-0.4, -0.2) is 56.3 Å². The summed E-state index contributed by atoms with van der Waals surface area (Å²) in [4.78, 5) is 40.1. The fourth-order valence-electron chi connectivity index (χ4n) is 5.07. The van der Waals surface area contributed by atoms with Crippen LogP contribution in [0.15, 0.2) is 102 Å². The number of nitrogens with zero attached hydrogens (tertiary/aromatic N) is 3. The molecule has 1 atom stereocenters. The molecule has 0 aliphatic carbocycles. The van der Waals surface area contributed by atoms with Crippen molar-refractivity contribution >= 4 is 44.8 Å². The number of amides is 2. The number of likely N-dealkylation sites (N-methyl/N-ethyl adjacent to an activating group) is 1. The number of nitro benzene ring substituents is 1. The standard InChI is InChI=1S/C34H35ClN4O7S/c1-4-36-34(41)31(19-25-11-7-5-8-12-25)37(22-26-13-9-6-10-14-26)33(40)23-38(30-20-27(35)16-18-32(30)46-3)47(44,45)28-17-15-24(2)29(21-28)39(42)43/h5-18,20-21,31H,4,19,22-23H2,1-3H3,(H,36,41)/t31-/m0/s1. The third-order valence-electron chi connectivity index (χ3n) is 7.47. The van der Waals surface area contributed by atoms with E-state index in [1.807, 2.05) is 36.4 Å². The van der Waals surface area contributed by atoms with Crippen LogP contribution in [0, 0.1) is 17.0 Å². The van der Waals surface area contributed by atoms with Gasteiger partial charge in [-0.25, -0.2) is 8.42 Å². The van der Waals surface area contributed by atoms with Gasteiger partial charge in [0.05, 0.1) is 22.6 Å². The maximum Gasteiger partial charge on any atom is 0.273 e. The number of benzene rings is 4. The molecule has 4 aromatic rings. The molecule has 11 nitrogen and oxygen atoms in total. The van der Waals surface area contributed by atoms with Crippen molar-refractivity contribution in [1.29, 1.82) is 0 Å². The van der Waals surface area contributed by atoms with Crippen molar-refractivity contribution in [3.8, 4) is 5.75 Å². The van der Waals surface area contributed by atoms with Crippen LogP contribution in [0.25, 0.3) is 0 Å². The van der Waals surface area contributed by atoms with Gasteiger partial charge in [-0.15, -0.1) is 0 Å². The summed E-state index contributed by atoms with van der Waals surface area (Å²) in [6.07, 6.45) is 0.155. The lowest BCUT2D eigenvalue weighted by Gasteiger charge is -2.34. The van der Waals surface area contributed by atoms with Crippen molar-refractivity contribution in [1.82, 2.24) is 10.2 Å². The summed E-state index contributed by atoms with van der Waals surface area (Å²) in [5.74, 6) is -1.02. The second-order valence-corrected chi connectivity index (χ2v) is 12.9. The molecule has 0 heterocycles. The molecule has 0 saturated carbocycles. The molecule has 0 aliphatic heterocycles. The van der Waals surface area contributed by atoms with E-state index >= 15 is 0 Å². The summed E-state index contributed by atoms with van der Waals surface area (Å²) < 4.78 is 35.0. The summed E-state index contributed by atoms with van der Waals surface area (Å²) in [5.41, 5.74) is 1.31. The lowest BCUT2D eigenvalue weighted by Crippen LogP contribution is -2.53. The van der Waals surface area contributed by atoms with E-state index in [9.17, 15) is 28.1 Å². The first-order chi connectivity index (χ1) is 22.5. The predicted octanol–water partition coefficient (Wildman–Crippen LogP) is 5.54. The Labute approximate surface area is 278 Å². The number of hydrogen-bond acceptors (Lipinski definition) is 7. The van der Waals surface area contributed by atoms with Crippen LogP contribution in [0.2, 0.25) is 5.02 Å². The molecule has 1 N–H and O–H groups in total. The Morgan fingerprint density at radius 2 is 1.60 bits per heavy atom. The fourth-order valence-corrected chi connectivity index (χ4v) is 6.67. The molecule has 2 amide bonds. The van der Waals surface area contributed by atoms with Crippen molar-refractivity contribution in [3.63, 3.8) is 0 Å². The zero-order valence-corrected chi connectivity index (χ0v) is 27.7. The fraction of sp³-hybridized carbons (Fsp3) is 0.235. The summed E-state index contributed by atoms with van der Waals surface area (Å²) in [7, 11) is -3.31. The molecule has 13 heteroatoms. The number of methoxy groups -OCH3 is 1. The number of rotatable bonds is 14. The van der Waals surface area contributed by atoms with Crippen molar-refractivity contribution in [2.24, 2.45) is 0 Å². The van der Waals surface area contributed by atoms with Crippen LogP contribution in [0.5, 0.6) is 5.75 Å². The molecule has 0 saturated heterocycles. The number of hydrogen-bond donors (Lipinski definition) is 1. The molecule has 4 aromatic carbocycles. The average Bonchev–Trinajstić information content (AvgIpc) is 3.06. The molecule has 0 fully saturated rings. The highest BCUT2D eigenvalue weighted by molar-refractivity contribution is 7.92. The van der Waals surface area contributed by atoms with E-state index in [2.05, 4.69) is 5.32 Å². The van der Waals surface area contributed by atoms with Gasteiger partial charge in [-0.05, 0) is 49.2 Å². The zero-order chi connectivity index (χ0) is 34.1. The normalized spacial score (nSPS) is 11.7. The minimum absolute atomic E-state index is 0.00905. The largest absolute Gasteiger partial charge is 0.495 e. The molecule has 0 unspecified atom stereocenters. The number of sulfonamides is 1. The molecule has 246 valence electrons. The maximum atomic E-state index is 14.5. The van der Waals surface area contributed by atoms with E-state index in [1.54, 1.807) is 31.2 Å². The minimum atomic E-state index is -4.65. The van der Waals surface area contributed by atoms with Gasteiger partial charge in [0.2, 0.25) is 11.8 Å². The number of carbonyl (C=O) groups is 2. The number of aryl methyl sites for hydroxylation is 1. The lowest BCUT2D eigenvalue weighted by molar-refractivity contribution is -0.385. The minimum Gasteiger partial charge on any atom is -0.495 e. The number of nitro groups is 1. The number of halogens is 1. The molecular formula is C34H35ClN4O7S. The smallest absolute Gasteiger partial charge is 0.273 e. The monoisotopic (exact) mass is 678 g/mol. The quantitative estimate of drug-likeness (QED) is 0.137. The summed E-state index contributed by atoms with van der Waals surface area (Å²) in [6.45, 7) is 2.78. The first-order valence-corrected chi connectivity index (χ1v) is 16.5. The third kappa shape index (κ3) is 8.46. The van der Waals surface area contributed by atoms with E-state index in [0.29, 0.717) is 12.1 Å². The second kappa shape index (κ2) is 15.6. The molecule has 0 spiro atoms. The first-order valence-electron chi connectivity index (χ1n) is 14.7. The predicted molar refractivity (Wildman–Crippen MR) is 180 cm³/mol. The second-order valence-electron chi connectivity index (χ2n) is 10.6. The maximum absolute atomic E-state index is 14.5. The van der Waals surface area contributed by atoms with Gasteiger partial charge in [0.15, 0.2) is 0 Å². The third-order valence-corrected chi connectivity index (χ3v) is 9.46. The summed E-state index contributed by atoms with van der Waals surface area (Å²) in [5, 5.41) is 14.7. The van der Waals surface area contributed by atoms with Crippen LogP contribution in [0.4, 0.5) is 11.4 Å². The molecule has 0 aromatic heterocycles. The van der Waals surface area contributed by atoms with Gasteiger partial charge in [-0.3, -0.25) is 24.0 Å². The van der Waals surface area contributed by atoms with Crippen molar-refractivity contribution in [2.45, 2.75) is 37.8 Å². The molecule has 4 rings (SSSR count). The Morgan fingerprint density at radius 3 is 2.19 bits per heavy atom. The van der Waals surface area contributed by atoms with Gasteiger partial charge >= 0.3 is 0 Å². The number of nitrogens with one attached hydrogen (secondary N) is 1. The van der Waals surface area contributed by atoms with E-state index in [0.717, 1.165) is 15.9 Å². The highest BCUT2D eigenvalue weighted by Gasteiger charge is 2.36. The van der Waals surface area contributed by atoms with E-state index in [-0.39, 0.29) is 35.0 Å². The van der Waals surface area contributed by atoms with Gasteiger partial charge in [0.25, 0.3) is 15.7 Å². The first kappa shape index (κ1) is 34.9. The van der Waals surface area contributed by atoms with Gasteiger partial charge < -0.3 is 15.0 Å². The van der Waals surface area contributed by atoms with Crippen molar-refractivity contribution < 1.29 is 27.7 Å². The molecule has 47 heavy (non-hydrogen) atoms. The number of ether oxygens (including phenoxy) is 1. The van der Waals surface area contributed by atoms with Crippen molar-refractivity contribution in [3.05, 3.63) is 129 Å². The molecule has 0 bridgehead atoms. The molecule has 0 radical (unpaired) electrons. The molecule has 0 aliphatic rings.